The summed E-state index contributed by atoms with van der Waals surface area (Å²) in [7, 11) is 0. The standard InChI is InChI=1S/C16H21N5O4/c1-9-11(10(2)25-21-9)7-24-14-3-4-23-8-13(14)20-15-6-18-5-12(19-15)16(17)22/h5-6,13-14H,3-4,7-8H2,1-2H3,(H2,17,22)(H,19,20)/t13-,14+/m1/s1. The summed E-state index contributed by atoms with van der Waals surface area (Å²) in [5.74, 6) is 0.592. The van der Waals surface area contributed by atoms with Crippen molar-refractivity contribution in [3.63, 3.8) is 0 Å². The highest BCUT2D eigenvalue weighted by molar-refractivity contribution is 5.90. The summed E-state index contributed by atoms with van der Waals surface area (Å²) in [6.45, 7) is 5.26. The number of anilines is 1. The van der Waals surface area contributed by atoms with Crippen LogP contribution < -0.4 is 11.1 Å². The minimum atomic E-state index is -0.623. The summed E-state index contributed by atoms with van der Waals surface area (Å²) in [6, 6.07) is -0.119. The van der Waals surface area contributed by atoms with Crippen LogP contribution in [0.15, 0.2) is 16.9 Å². The average Bonchev–Trinajstić information content (AvgIpc) is 2.92. The molecule has 1 fully saturated rings. The van der Waals surface area contributed by atoms with Gasteiger partial charge in [-0.15, -0.1) is 0 Å². The zero-order valence-electron chi connectivity index (χ0n) is 14.2. The van der Waals surface area contributed by atoms with Gasteiger partial charge in [-0.25, -0.2) is 4.98 Å². The second-order valence-corrected chi connectivity index (χ2v) is 5.92. The van der Waals surface area contributed by atoms with Crippen LogP contribution in [0.3, 0.4) is 0 Å². The Kier molecular flexibility index (Phi) is 5.25. The number of carbonyl (C=O) groups excluding carboxylic acids is 1. The summed E-state index contributed by atoms with van der Waals surface area (Å²) in [5, 5.41) is 7.15. The van der Waals surface area contributed by atoms with E-state index in [9.17, 15) is 4.79 Å². The van der Waals surface area contributed by atoms with Gasteiger partial charge < -0.3 is 25.0 Å². The lowest BCUT2D eigenvalue weighted by atomic mass is 10.1. The van der Waals surface area contributed by atoms with Gasteiger partial charge in [0.15, 0.2) is 0 Å². The molecule has 0 radical (unpaired) electrons. The SMILES string of the molecule is Cc1noc(C)c1CO[C@H]1CCOC[C@H]1Nc1cncc(C(N)=O)n1. The predicted molar refractivity (Wildman–Crippen MR) is 88.0 cm³/mol. The molecule has 0 aliphatic carbocycles. The van der Waals surface area contributed by atoms with Gasteiger partial charge in [0.2, 0.25) is 0 Å². The third-order valence-electron chi connectivity index (χ3n) is 4.14. The van der Waals surface area contributed by atoms with Gasteiger partial charge in [0.05, 0.1) is 43.4 Å². The molecule has 3 N–H and O–H groups in total. The Balaban J connectivity index is 1.66. The minimum absolute atomic E-state index is 0.0820. The molecule has 25 heavy (non-hydrogen) atoms. The number of nitrogens with one attached hydrogen (secondary N) is 1. The van der Waals surface area contributed by atoms with Crippen LogP contribution in [0.5, 0.6) is 0 Å². The molecule has 2 aromatic heterocycles. The van der Waals surface area contributed by atoms with Gasteiger partial charge in [-0.2, -0.15) is 0 Å². The van der Waals surface area contributed by atoms with E-state index in [1.807, 2.05) is 13.8 Å². The molecule has 1 amide bonds. The van der Waals surface area contributed by atoms with E-state index in [0.29, 0.717) is 25.6 Å². The quantitative estimate of drug-likeness (QED) is 0.791. The Morgan fingerprint density at radius 3 is 3.00 bits per heavy atom. The van der Waals surface area contributed by atoms with Crippen molar-refractivity contribution in [2.24, 2.45) is 5.73 Å². The monoisotopic (exact) mass is 347 g/mol. The van der Waals surface area contributed by atoms with E-state index in [-0.39, 0.29) is 17.8 Å². The number of ether oxygens (including phenoxy) is 2. The maximum Gasteiger partial charge on any atom is 0.268 e. The maximum atomic E-state index is 11.2. The van der Waals surface area contributed by atoms with Crippen molar-refractivity contribution in [3.8, 4) is 0 Å². The Labute approximate surface area is 144 Å². The number of nitrogens with zero attached hydrogens (tertiary/aromatic N) is 3. The van der Waals surface area contributed by atoms with Crippen LogP contribution in [-0.2, 0) is 16.1 Å². The molecule has 1 aliphatic heterocycles. The van der Waals surface area contributed by atoms with Crippen molar-refractivity contribution >= 4 is 11.7 Å². The molecule has 9 nitrogen and oxygen atoms in total. The first-order valence-corrected chi connectivity index (χ1v) is 8.04. The predicted octanol–water partition coefficient (Wildman–Crippen LogP) is 0.967. The van der Waals surface area contributed by atoms with Crippen LogP contribution in [0, 0.1) is 13.8 Å². The van der Waals surface area contributed by atoms with Crippen molar-refractivity contribution in [2.75, 3.05) is 18.5 Å². The van der Waals surface area contributed by atoms with Crippen molar-refractivity contribution in [3.05, 3.63) is 35.1 Å². The van der Waals surface area contributed by atoms with Gasteiger partial charge in [0, 0.05) is 12.2 Å². The molecule has 3 rings (SSSR count). The van der Waals surface area contributed by atoms with Gasteiger partial charge in [-0.1, -0.05) is 5.16 Å². The van der Waals surface area contributed by atoms with E-state index in [2.05, 4.69) is 20.4 Å². The van der Waals surface area contributed by atoms with E-state index in [1.54, 1.807) is 0 Å². The van der Waals surface area contributed by atoms with Crippen LogP contribution >= 0.6 is 0 Å². The molecule has 0 aromatic carbocycles. The van der Waals surface area contributed by atoms with Crippen molar-refractivity contribution < 1.29 is 18.8 Å². The van der Waals surface area contributed by atoms with Crippen molar-refractivity contribution in [2.45, 2.75) is 39.0 Å². The highest BCUT2D eigenvalue weighted by atomic mass is 16.5. The fourth-order valence-corrected chi connectivity index (χ4v) is 2.69. The topological polar surface area (TPSA) is 125 Å². The lowest BCUT2D eigenvalue weighted by molar-refractivity contribution is -0.0482. The molecule has 2 aromatic rings. The van der Waals surface area contributed by atoms with Gasteiger partial charge in [-0.3, -0.25) is 9.78 Å². The van der Waals surface area contributed by atoms with Crippen molar-refractivity contribution in [1.82, 2.24) is 15.1 Å². The molecule has 0 saturated carbocycles. The molecule has 0 spiro atoms. The highest BCUT2D eigenvalue weighted by Gasteiger charge is 2.28. The number of carbonyl (C=O) groups is 1. The fourth-order valence-electron chi connectivity index (χ4n) is 2.69. The average molecular weight is 347 g/mol. The molecular formula is C16H21N5O4. The van der Waals surface area contributed by atoms with Crippen LogP contribution in [0.1, 0.15) is 33.9 Å². The van der Waals surface area contributed by atoms with Crippen LogP contribution in [-0.4, -0.2) is 46.4 Å². The molecular weight excluding hydrogens is 326 g/mol. The first-order chi connectivity index (χ1) is 12.0. The first kappa shape index (κ1) is 17.3. The van der Waals surface area contributed by atoms with Gasteiger partial charge >= 0.3 is 0 Å². The molecule has 0 unspecified atom stereocenters. The van der Waals surface area contributed by atoms with E-state index in [0.717, 1.165) is 23.4 Å². The molecule has 2 atom stereocenters. The smallest absolute Gasteiger partial charge is 0.268 e. The van der Waals surface area contributed by atoms with Crippen LogP contribution in [0.4, 0.5) is 5.82 Å². The normalized spacial score (nSPS) is 20.4. The second kappa shape index (κ2) is 7.58. The Morgan fingerprint density at radius 2 is 2.28 bits per heavy atom. The minimum Gasteiger partial charge on any atom is -0.379 e. The van der Waals surface area contributed by atoms with Crippen molar-refractivity contribution in [1.29, 1.82) is 0 Å². The summed E-state index contributed by atoms with van der Waals surface area (Å²) in [6.07, 6.45) is 3.52. The number of primary amides is 1. The Bertz CT molecular complexity index is 728. The van der Waals surface area contributed by atoms with E-state index < -0.39 is 5.91 Å². The zero-order chi connectivity index (χ0) is 17.8. The summed E-state index contributed by atoms with van der Waals surface area (Å²) < 4.78 is 16.8. The number of amides is 1. The summed E-state index contributed by atoms with van der Waals surface area (Å²) in [4.78, 5) is 19.4. The molecule has 134 valence electrons. The number of hydrogen-bond acceptors (Lipinski definition) is 8. The third kappa shape index (κ3) is 4.12. The van der Waals surface area contributed by atoms with E-state index >= 15 is 0 Å². The van der Waals surface area contributed by atoms with Crippen LogP contribution in [0.2, 0.25) is 0 Å². The van der Waals surface area contributed by atoms with Gasteiger partial charge in [0.1, 0.15) is 17.3 Å². The third-order valence-corrected chi connectivity index (χ3v) is 4.14. The summed E-state index contributed by atoms with van der Waals surface area (Å²) >= 11 is 0. The number of aryl methyl sites for hydroxylation is 2. The largest absolute Gasteiger partial charge is 0.379 e. The number of aromatic nitrogens is 3. The molecule has 9 heteroatoms. The highest BCUT2D eigenvalue weighted by Crippen LogP contribution is 2.20. The molecule has 1 saturated heterocycles. The fraction of sp³-hybridized carbons (Fsp3) is 0.500. The number of nitrogens with two attached hydrogens (primary N) is 1. The second-order valence-electron chi connectivity index (χ2n) is 5.92. The first-order valence-electron chi connectivity index (χ1n) is 8.04. The molecule has 0 bridgehead atoms. The van der Waals surface area contributed by atoms with E-state index in [1.165, 1.54) is 12.4 Å². The Morgan fingerprint density at radius 1 is 1.44 bits per heavy atom. The van der Waals surface area contributed by atoms with E-state index in [4.69, 9.17) is 19.7 Å². The Hall–Kier alpha value is -2.52. The number of rotatable bonds is 6. The maximum absolute atomic E-state index is 11.2. The van der Waals surface area contributed by atoms with Gasteiger partial charge in [-0.05, 0) is 20.3 Å². The number of hydrogen-bond donors (Lipinski definition) is 2. The van der Waals surface area contributed by atoms with Crippen LogP contribution in [0.25, 0.3) is 0 Å². The van der Waals surface area contributed by atoms with Gasteiger partial charge in [0.25, 0.3) is 5.91 Å². The lowest BCUT2D eigenvalue weighted by Gasteiger charge is -2.32. The zero-order valence-corrected chi connectivity index (χ0v) is 14.2. The molecule has 1 aliphatic rings. The molecule has 3 heterocycles. The summed E-state index contributed by atoms with van der Waals surface area (Å²) in [5.41, 5.74) is 7.13. The lowest BCUT2D eigenvalue weighted by Crippen LogP contribution is -2.44.